The Morgan fingerprint density at radius 2 is 1.87 bits per heavy atom. The summed E-state index contributed by atoms with van der Waals surface area (Å²) in [5, 5.41) is 3.61. The number of hydrogen-bond donors (Lipinski definition) is 1. The van der Waals surface area contributed by atoms with Crippen molar-refractivity contribution in [3.63, 3.8) is 0 Å². The highest BCUT2D eigenvalue weighted by Crippen LogP contribution is 2.24. The number of carbonyl (C=O) groups excluding carboxylic acids is 2. The number of hydrogen-bond acceptors (Lipinski definition) is 3. The summed E-state index contributed by atoms with van der Waals surface area (Å²) >= 11 is 0. The van der Waals surface area contributed by atoms with E-state index in [1.807, 2.05) is 24.1 Å². The maximum Gasteiger partial charge on any atom is 0.227 e. The van der Waals surface area contributed by atoms with E-state index in [-0.39, 0.29) is 17.9 Å². The molecular weight excluding hydrogens is 290 g/mol. The Morgan fingerprint density at radius 3 is 2.48 bits per heavy atom. The minimum Gasteiger partial charge on any atom is -0.344 e. The predicted octanol–water partition coefficient (Wildman–Crippen LogP) is 2.08. The van der Waals surface area contributed by atoms with Crippen molar-refractivity contribution in [1.82, 2.24) is 10.2 Å². The van der Waals surface area contributed by atoms with E-state index in [9.17, 15) is 9.59 Å². The summed E-state index contributed by atoms with van der Waals surface area (Å²) < 4.78 is 0. The average Bonchev–Trinajstić information content (AvgIpc) is 2.97. The van der Waals surface area contributed by atoms with Gasteiger partial charge in [0.25, 0.3) is 0 Å². The predicted molar refractivity (Wildman–Crippen MR) is 90.2 cm³/mol. The molecule has 2 fully saturated rings. The highest BCUT2D eigenvalue weighted by atomic mass is 16.2. The maximum absolute atomic E-state index is 11.8. The van der Waals surface area contributed by atoms with E-state index in [1.54, 1.807) is 4.90 Å². The van der Waals surface area contributed by atoms with Gasteiger partial charge in [-0.3, -0.25) is 9.59 Å². The average molecular weight is 315 g/mol. The van der Waals surface area contributed by atoms with Crippen LogP contribution in [0.1, 0.15) is 44.2 Å². The molecule has 3 rings (SSSR count). The lowest BCUT2D eigenvalue weighted by atomic mass is 10.0. The lowest BCUT2D eigenvalue weighted by Gasteiger charge is -2.32. The molecule has 0 aromatic heterocycles. The van der Waals surface area contributed by atoms with Gasteiger partial charge in [0.15, 0.2) is 0 Å². The molecule has 0 aliphatic carbocycles. The summed E-state index contributed by atoms with van der Waals surface area (Å²) in [5.41, 5.74) is 2.20. The summed E-state index contributed by atoms with van der Waals surface area (Å²) in [6.07, 6.45) is 3.13. The fourth-order valence-corrected chi connectivity index (χ4v) is 3.46. The Kier molecular flexibility index (Phi) is 4.66. The fourth-order valence-electron chi connectivity index (χ4n) is 3.46. The van der Waals surface area contributed by atoms with Gasteiger partial charge in [-0.15, -0.1) is 0 Å². The number of nitrogens with zero attached hydrogens (tertiary/aromatic N) is 2. The van der Waals surface area contributed by atoms with E-state index in [2.05, 4.69) is 24.4 Å². The molecule has 2 heterocycles. The van der Waals surface area contributed by atoms with Crippen molar-refractivity contribution < 1.29 is 9.59 Å². The number of nitrogens with one attached hydrogen (secondary N) is 1. The molecule has 5 heteroatoms. The normalized spacial score (nSPS) is 23.5. The first kappa shape index (κ1) is 16.0. The quantitative estimate of drug-likeness (QED) is 0.925. The van der Waals surface area contributed by atoms with Gasteiger partial charge in [0.1, 0.15) is 0 Å². The van der Waals surface area contributed by atoms with Gasteiger partial charge >= 0.3 is 0 Å². The molecule has 0 spiro atoms. The zero-order chi connectivity index (χ0) is 16.4. The Balaban J connectivity index is 1.60. The van der Waals surface area contributed by atoms with E-state index < -0.39 is 0 Å². The van der Waals surface area contributed by atoms with Crippen LogP contribution >= 0.6 is 0 Å². The van der Waals surface area contributed by atoms with Crippen LogP contribution in [0.25, 0.3) is 0 Å². The van der Waals surface area contributed by atoms with Gasteiger partial charge in [-0.25, -0.2) is 0 Å². The molecular formula is C18H25N3O2. The third kappa shape index (κ3) is 3.55. The molecule has 2 aliphatic heterocycles. The lowest BCUT2D eigenvalue weighted by molar-refractivity contribution is -0.132. The lowest BCUT2D eigenvalue weighted by Crippen LogP contribution is -2.47. The maximum atomic E-state index is 11.8. The van der Waals surface area contributed by atoms with Crippen molar-refractivity contribution >= 4 is 17.5 Å². The second kappa shape index (κ2) is 6.71. The molecule has 2 atom stereocenters. The molecule has 2 amide bonds. The Labute approximate surface area is 137 Å². The zero-order valence-electron chi connectivity index (χ0n) is 13.9. The van der Waals surface area contributed by atoms with Crippen molar-refractivity contribution in [3.05, 3.63) is 29.8 Å². The summed E-state index contributed by atoms with van der Waals surface area (Å²) in [6, 6.07) is 8.82. The van der Waals surface area contributed by atoms with Crippen molar-refractivity contribution in [3.8, 4) is 0 Å². The first-order chi connectivity index (χ1) is 11.0. The number of likely N-dealkylation sites (tertiary alicyclic amines) is 1. The summed E-state index contributed by atoms with van der Waals surface area (Å²) in [4.78, 5) is 27.0. The molecule has 124 valence electrons. The van der Waals surface area contributed by atoms with Crippen molar-refractivity contribution in [2.45, 2.75) is 44.7 Å². The SMILES string of the molecule is C[C@@H](N[C@H]1CCC(=O)N(C)C1)c1ccc(N2CCCC2=O)cc1. The monoisotopic (exact) mass is 315 g/mol. The topological polar surface area (TPSA) is 52.7 Å². The van der Waals surface area contributed by atoms with E-state index in [0.717, 1.165) is 31.6 Å². The van der Waals surface area contributed by atoms with Crippen molar-refractivity contribution in [2.75, 3.05) is 25.0 Å². The van der Waals surface area contributed by atoms with Crippen LogP contribution < -0.4 is 10.2 Å². The van der Waals surface area contributed by atoms with Crippen LogP contribution in [-0.4, -0.2) is 42.9 Å². The minimum atomic E-state index is 0.221. The van der Waals surface area contributed by atoms with Crippen LogP contribution in [-0.2, 0) is 9.59 Å². The molecule has 5 nitrogen and oxygen atoms in total. The van der Waals surface area contributed by atoms with Gasteiger partial charge in [-0.05, 0) is 37.5 Å². The van der Waals surface area contributed by atoms with Gasteiger partial charge in [-0.1, -0.05) is 12.1 Å². The second-order valence-electron chi connectivity index (χ2n) is 6.64. The van der Waals surface area contributed by atoms with Gasteiger partial charge < -0.3 is 15.1 Å². The van der Waals surface area contributed by atoms with Crippen molar-refractivity contribution in [2.24, 2.45) is 0 Å². The smallest absolute Gasteiger partial charge is 0.227 e. The number of anilines is 1. The second-order valence-corrected chi connectivity index (χ2v) is 6.64. The molecule has 1 N–H and O–H groups in total. The van der Waals surface area contributed by atoms with E-state index in [4.69, 9.17) is 0 Å². The van der Waals surface area contributed by atoms with Crippen LogP contribution in [0.15, 0.2) is 24.3 Å². The van der Waals surface area contributed by atoms with Crippen LogP contribution in [0.2, 0.25) is 0 Å². The van der Waals surface area contributed by atoms with Crippen LogP contribution in [0.3, 0.4) is 0 Å². The number of rotatable bonds is 4. The zero-order valence-corrected chi connectivity index (χ0v) is 13.9. The number of likely N-dealkylation sites (N-methyl/N-ethyl adjacent to an activating group) is 1. The fraction of sp³-hybridized carbons (Fsp3) is 0.556. The summed E-state index contributed by atoms with van der Waals surface area (Å²) in [6.45, 7) is 3.74. The standard InChI is InChI=1S/C18H25N3O2/c1-13(19-15-7-10-17(22)20(2)12-15)14-5-8-16(9-6-14)21-11-3-4-18(21)23/h5-6,8-9,13,15,19H,3-4,7,10-12H2,1-2H3/t13-,15+/m1/s1. The Morgan fingerprint density at radius 1 is 1.13 bits per heavy atom. The number of amides is 2. The third-order valence-corrected chi connectivity index (χ3v) is 4.89. The largest absolute Gasteiger partial charge is 0.344 e. The van der Waals surface area contributed by atoms with Crippen LogP contribution in [0.4, 0.5) is 5.69 Å². The number of benzene rings is 1. The van der Waals surface area contributed by atoms with E-state index in [1.165, 1.54) is 5.56 Å². The Bertz CT molecular complexity index is 584. The van der Waals surface area contributed by atoms with Crippen LogP contribution in [0, 0.1) is 0 Å². The minimum absolute atomic E-state index is 0.221. The molecule has 0 unspecified atom stereocenters. The third-order valence-electron chi connectivity index (χ3n) is 4.89. The van der Waals surface area contributed by atoms with Gasteiger partial charge in [0.05, 0.1) is 0 Å². The molecule has 0 bridgehead atoms. The molecule has 0 saturated carbocycles. The molecule has 23 heavy (non-hydrogen) atoms. The molecule has 1 aromatic rings. The molecule has 1 aromatic carbocycles. The van der Waals surface area contributed by atoms with Gasteiger partial charge in [0.2, 0.25) is 11.8 Å². The van der Waals surface area contributed by atoms with Crippen molar-refractivity contribution in [1.29, 1.82) is 0 Å². The number of piperidine rings is 1. The number of carbonyl (C=O) groups is 2. The summed E-state index contributed by atoms with van der Waals surface area (Å²) in [7, 11) is 1.86. The Hall–Kier alpha value is -1.88. The highest BCUT2D eigenvalue weighted by Gasteiger charge is 2.24. The van der Waals surface area contributed by atoms with E-state index >= 15 is 0 Å². The highest BCUT2D eigenvalue weighted by molar-refractivity contribution is 5.95. The van der Waals surface area contributed by atoms with E-state index in [0.29, 0.717) is 18.9 Å². The molecule has 2 saturated heterocycles. The van der Waals surface area contributed by atoms with Crippen LogP contribution in [0.5, 0.6) is 0 Å². The molecule has 0 radical (unpaired) electrons. The molecule has 2 aliphatic rings. The first-order valence-electron chi connectivity index (χ1n) is 8.45. The first-order valence-corrected chi connectivity index (χ1v) is 8.45. The van der Waals surface area contributed by atoms with Gasteiger partial charge in [-0.2, -0.15) is 0 Å². The summed E-state index contributed by atoms with van der Waals surface area (Å²) in [5.74, 6) is 0.453. The van der Waals surface area contributed by atoms with Gasteiger partial charge in [0, 0.05) is 50.7 Å².